The summed E-state index contributed by atoms with van der Waals surface area (Å²) in [6.45, 7) is 3.76. The summed E-state index contributed by atoms with van der Waals surface area (Å²) in [6, 6.07) is 7.87. The molecule has 0 unspecified atom stereocenters. The van der Waals surface area contributed by atoms with Crippen molar-refractivity contribution in [1.82, 2.24) is 9.88 Å². The smallest absolute Gasteiger partial charge is 0.251 e. The van der Waals surface area contributed by atoms with Crippen molar-refractivity contribution >= 4 is 16.8 Å². The van der Waals surface area contributed by atoms with Crippen LogP contribution in [0.25, 0.3) is 10.9 Å². The van der Waals surface area contributed by atoms with E-state index in [1.807, 2.05) is 30.0 Å². The quantitative estimate of drug-likeness (QED) is 0.941. The number of aromatic amines is 1. The standard InChI is InChI=1S/C17H20N2O2/c1-12-4-6-15-14(10-12)11-13(17(21)18-15)5-7-16(20)19-8-2-3-9-19/h4,6,10-11H,2-3,5,7-9H2,1H3,(H,18,21). The number of benzene rings is 1. The summed E-state index contributed by atoms with van der Waals surface area (Å²) in [5.41, 5.74) is 2.62. The van der Waals surface area contributed by atoms with Crippen LogP contribution < -0.4 is 5.56 Å². The van der Waals surface area contributed by atoms with E-state index in [2.05, 4.69) is 11.1 Å². The molecular formula is C17H20N2O2. The molecule has 0 bridgehead atoms. The van der Waals surface area contributed by atoms with Gasteiger partial charge in [0.15, 0.2) is 0 Å². The molecule has 4 nitrogen and oxygen atoms in total. The van der Waals surface area contributed by atoms with Gasteiger partial charge >= 0.3 is 0 Å². The Kier molecular flexibility index (Phi) is 3.78. The number of carbonyl (C=O) groups excluding carboxylic acids is 1. The molecule has 0 spiro atoms. The van der Waals surface area contributed by atoms with Crippen LogP contribution in [0.3, 0.4) is 0 Å². The molecule has 3 rings (SSSR count). The normalized spacial score (nSPS) is 14.8. The molecule has 1 saturated heterocycles. The van der Waals surface area contributed by atoms with E-state index in [-0.39, 0.29) is 11.5 Å². The number of amides is 1. The van der Waals surface area contributed by atoms with E-state index in [0.29, 0.717) is 18.4 Å². The lowest BCUT2D eigenvalue weighted by Crippen LogP contribution is -2.28. The van der Waals surface area contributed by atoms with Crippen molar-refractivity contribution in [3.8, 4) is 0 Å². The summed E-state index contributed by atoms with van der Waals surface area (Å²) in [4.78, 5) is 28.9. The number of rotatable bonds is 3. The molecule has 110 valence electrons. The highest BCUT2D eigenvalue weighted by Gasteiger charge is 2.17. The van der Waals surface area contributed by atoms with Crippen molar-refractivity contribution in [2.45, 2.75) is 32.6 Å². The zero-order valence-electron chi connectivity index (χ0n) is 12.3. The summed E-state index contributed by atoms with van der Waals surface area (Å²) in [5, 5.41) is 1.03. The molecule has 1 aliphatic rings. The fourth-order valence-electron chi connectivity index (χ4n) is 2.92. The summed E-state index contributed by atoms with van der Waals surface area (Å²) in [7, 11) is 0. The number of aromatic nitrogens is 1. The van der Waals surface area contributed by atoms with Crippen molar-refractivity contribution in [1.29, 1.82) is 0 Å². The van der Waals surface area contributed by atoms with Gasteiger partial charge in [-0.25, -0.2) is 0 Å². The summed E-state index contributed by atoms with van der Waals surface area (Å²) in [5.74, 6) is 0.163. The average Bonchev–Trinajstić information content (AvgIpc) is 2.99. The van der Waals surface area contributed by atoms with Crippen LogP contribution in [0.15, 0.2) is 29.1 Å². The number of hydrogen-bond acceptors (Lipinski definition) is 2. The van der Waals surface area contributed by atoms with Crippen molar-refractivity contribution in [3.63, 3.8) is 0 Å². The minimum Gasteiger partial charge on any atom is -0.343 e. The number of H-pyrrole nitrogens is 1. The monoisotopic (exact) mass is 284 g/mol. The predicted molar refractivity (Wildman–Crippen MR) is 83.4 cm³/mol. The van der Waals surface area contributed by atoms with E-state index in [4.69, 9.17) is 0 Å². The van der Waals surface area contributed by atoms with E-state index in [0.717, 1.165) is 42.4 Å². The molecule has 1 aliphatic heterocycles. The molecule has 0 aliphatic carbocycles. The largest absolute Gasteiger partial charge is 0.343 e. The second-order valence-corrected chi connectivity index (χ2v) is 5.80. The maximum atomic E-state index is 12.1. The first kappa shape index (κ1) is 13.9. The molecular weight excluding hydrogens is 264 g/mol. The van der Waals surface area contributed by atoms with Gasteiger partial charge in [-0.3, -0.25) is 9.59 Å². The first-order valence-corrected chi connectivity index (χ1v) is 7.54. The van der Waals surface area contributed by atoms with E-state index in [1.54, 1.807) is 0 Å². The number of nitrogens with zero attached hydrogens (tertiary/aromatic N) is 1. The zero-order chi connectivity index (χ0) is 14.8. The van der Waals surface area contributed by atoms with Gasteiger partial charge in [0.1, 0.15) is 0 Å². The molecule has 4 heteroatoms. The first-order chi connectivity index (χ1) is 10.1. The summed E-state index contributed by atoms with van der Waals surface area (Å²) in [6.07, 6.45) is 3.12. The predicted octanol–water partition coefficient (Wildman–Crippen LogP) is 2.39. The third-order valence-corrected chi connectivity index (χ3v) is 4.14. The molecule has 2 aromatic rings. The maximum Gasteiger partial charge on any atom is 0.251 e. The second-order valence-electron chi connectivity index (χ2n) is 5.80. The third-order valence-electron chi connectivity index (χ3n) is 4.14. The minimum atomic E-state index is -0.0828. The van der Waals surface area contributed by atoms with Crippen LogP contribution in [-0.4, -0.2) is 28.9 Å². The Morgan fingerprint density at radius 1 is 1.24 bits per heavy atom. The summed E-state index contributed by atoms with van der Waals surface area (Å²) >= 11 is 0. The lowest BCUT2D eigenvalue weighted by atomic mass is 10.1. The Labute approximate surface area is 123 Å². The van der Waals surface area contributed by atoms with Crippen LogP contribution in [0.1, 0.15) is 30.4 Å². The molecule has 21 heavy (non-hydrogen) atoms. The number of pyridine rings is 1. The van der Waals surface area contributed by atoms with Gasteiger partial charge in [-0.2, -0.15) is 0 Å². The SMILES string of the molecule is Cc1ccc2[nH]c(=O)c(CCC(=O)N3CCCC3)cc2c1. The van der Waals surface area contributed by atoms with Gasteiger partial charge in [-0.1, -0.05) is 11.6 Å². The van der Waals surface area contributed by atoms with Crippen LogP contribution in [0.5, 0.6) is 0 Å². The highest BCUT2D eigenvalue weighted by molar-refractivity contribution is 5.80. The fourth-order valence-corrected chi connectivity index (χ4v) is 2.92. The van der Waals surface area contributed by atoms with Gasteiger partial charge in [-0.05, 0) is 49.8 Å². The van der Waals surface area contributed by atoms with Crippen LogP contribution in [0.2, 0.25) is 0 Å². The van der Waals surface area contributed by atoms with Crippen LogP contribution in [0.4, 0.5) is 0 Å². The molecule has 1 fully saturated rings. The first-order valence-electron chi connectivity index (χ1n) is 7.54. The van der Waals surface area contributed by atoms with Gasteiger partial charge in [0.2, 0.25) is 5.91 Å². The molecule has 0 saturated carbocycles. The van der Waals surface area contributed by atoms with E-state index in [9.17, 15) is 9.59 Å². The van der Waals surface area contributed by atoms with Crippen molar-refractivity contribution < 1.29 is 4.79 Å². The van der Waals surface area contributed by atoms with Crippen LogP contribution in [-0.2, 0) is 11.2 Å². The van der Waals surface area contributed by atoms with Gasteiger partial charge in [0.25, 0.3) is 5.56 Å². The summed E-state index contributed by atoms with van der Waals surface area (Å²) < 4.78 is 0. The topological polar surface area (TPSA) is 53.2 Å². The molecule has 0 radical (unpaired) electrons. The minimum absolute atomic E-state index is 0.0828. The number of likely N-dealkylation sites (tertiary alicyclic amines) is 1. The van der Waals surface area contributed by atoms with Crippen molar-refractivity contribution in [2.24, 2.45) is 0 Å². The fraction of sp³-hybridized carbons (Fsp3) is 0.412. The lowest BCUT2D eigenvalue weighted by molar-refractivity contribution is -0.130. The molecule has 1 amide bonds. The number of fused-ring (bicyclic) bond motifs is 1. The van der Waals surface area contributed by atoms with Gasteiger partial charge < -0.3 is 9.88 Å². The van der Waals surface area contributed by atoms with Gasteiger partial charge in [0, 0.05) is 30.6 Å². The maximum absolute atomic E-state index is 12.1. The molecule has 1 aromatic carbocycles. The average molecular weight is 284 g/mol. The lowest BCUT2D eigenvalue weighted by Gasteiger charge is -2.14. The molecule has 2 heterocycles. The zero-order valence-corrected chi connectivity index (χ0v) is 12.3. The third kappa shape index (κ3) is 2.99. The Hall–Kier alpha value is -2.10. The molecule has 0 atom stereocenters. The molecule has 1 aromatic heterocycles. The number of hydrogen-bond donors (Lipinski definition) is 1. The number of nitrogens with one attached hydrogen (secondary N) is 1. The van der Waals surface area contributed by atoms with E-state index in [1.165, 1.54) is 0 Å². The van der Waals surface area contributed by atoms with E-state index < -0.39 is 0 Å². The molecule has 1 N–H and O–H groups in total. The highest BCUT2D eigenvalue weighted by Crippen LogP contribution is 2.15. The Bertz CT molecular complexity index is 727. The number of carbonyl (C=O) groups is 1. The van der Waals surface area contributed by atoms with Crippen LogP contribution in [0, 0.1) is 6.92 Å². The Balaban J connectivity index is 1.78. The van der Waals surface area contributed by atoms with Crippen molar-refractivity contribution in [2.75, 3.05) is 13.1 Å². The Morgan fingerprint density at radius 2 is 2.00 bits per heavy atom. The number of aryl methyl sites for hydroxylation is 2. The Morgan fingerprint density at radius 3 is 2.76 bits per heavy atom. The van der Waals surface area contributed by atoms with Gasteiger partial charge in [0.05, 0.1) is 0 Å². The van der Waals surface area contributed by atoms with Crippen molar-refractivity contribution in [3.05, 3.63) is 45.7 Å². The second kappa shape index (κ2) is 5.72. The van der Waals surface area contributed by atoms with Gasteiger partial charge in [-0.15, -0.1) is 0 Å². The van der Waals surface area contributed by atoms with Crippen LogP contribution >= 0.6 is 0 Å². The highest BCUT2D eigenvalue weighted by atomic mass is 16.2. The van der Waals surface area contributed by atoms with E-state index >= 15 is 0 Å².